The van der Waals surface area contributed by atoms with Crippen molar-refractivity contribution in [3.8, 4) is 11.5 Å². The maximum atomic E-state index is 12.2. The van der Waals surface area contributed by atoms with E-state index in [1.807, 2.05) is 24.3 Å². The normalized spacial score (nSPS) is 10.8. The van der Waals surface area contributed by atoms with Crippen molar-refractivity contribution in [1.82, 2.24) is 9.88 Å². The van der Waals surface area contributed by atoms with E-state index in [2.05, 4.69) is 12.2 Å². The molecule has 1 amide bonds. The van der Waals surface area contributed by atoms with E-state index in [-0.39, 0.29) is 18.9 Å². The molecule has 0 saturated heterocycles. The van der Waals surface area contributed by atoms with Gasteiger partial charge in [-0.05, 0) is 36.2 Å². The Morgan fingerprint density at radius 1 is 1.17 bits per heavy atom. The average Bonchev–Trinajstić information content (AvgIpc) is 3.06. The molecule has 1 aromatic heterocycles. The van der Waals surface area contributed by atoms with E-state index in [1.54, 1.807) is 25.3 Å². The lowest BCUT2D eigenvalue weighted by atomic mass is 10.2. The summed E-state index contributed by atoms with van der Waals surface area (Å²) in [5, 5.41) is 2.87. The van der Waals surface area contributed by atoms with Gasteiger partial charge in [-0.1, -0.05) is 31.5 Å². The van der Waals surface area contributed by atoms with Gasteiger partial charge in [-0.3, -0.25) is 9.36 Å². The highest BCUT2D eigenvalue weighted by Crippen LogP contribution is 2.28. The lowest BCUT2D eigenvalue weighted by molar-refractivity contribution is -0.121. The first kappa shape index (κ1) is 20.5. The Balaban J connectivity index is 1.55. The van der Waals surface area contributed by atoms with Crippen LogP contribution in [0.2, 0.25) is 0 Å². The van der Waals surface area contributed by atoms with Crippen molar-refractivity contribution in [1.29, 1.82) is 0 Å². The molecule has 154 valence electrons. The predicted molar refractivity (Wildman–Crippen MR) is 110 cm³/mol. The standard InChI is InChI=1S/C22H26N2O5/c1-3-4-13-28-19-10-9-16(14-20(19)27-2)15-23-21(25)11-12-24-17-7-5-6-8-18(17)29-22(24)26/h5-10,14H,3-4,11-13,15H2,1-2H3,(H,23,25). The number of oxazole rings is 1. The average molecular weight is 398 g/mol. The fourth-order valence-electron chi connectivity index (χ4n) is 3.00. The number of nitrogens with zero attached hydrogens (tertiary/aromatic N) is 1. The van der Waals surface area contributed by atoms with Crippen LogP contribution >= 0.6 is 0 Å². The predicted octanol–water partition coefficient (Wildman–Crippen LogP) is 3.49. The van der Waals surface area contributed by atoms with Crippen LogP contribution in [-0.2, 0) is 17.9 Å². The minimum atomic E-state index is -0.456. The van der Waals surface area contributed by atoms with Gasteiger partial charge in [0.1, 0.15) is 0 Å². The zero-order chi connectivity index (χ0) is 20.6. The molecule has 1 N–H and O–H groups in total. The van der Waals surface area contributed by atoms with Crippen molar-refractivity contribution in [2.24, 2.45) is 0 Å². The van der Waals surface area contributed by atoms with E-state index < -0.39 is 5.76 Å². The monoisotopic (exact) mass is 398 g/mol. The van der Waals surface area contributed by atoms with Gasteiger partial charge in [-0.15, -0.1) is 0 Å². The summed E-state index contributed by atoms with van der Waals surface area (Å²) >= 11 is 0. The number of benzene rings is 2. The number of aryl methyl sites for hydroxylation is 1. The summed E-state index contributed by atoms with van der Waals surface area (Å²) in [6.45, 7) is 3.38. The Bertz CT molecular complexity index is 1020. The molecule has 0 atom stereocenters. The number of carbonyl (C=O) groups excluding carboxylic acids is 1. The topological polar surface area (TPSA) is 82.7 Å². The van der Waals surface area contributed by atoms with Crippen LogP contribution in [0.4, 0.5) is 0 Å². The molecule has 0 bridgehead atoms. The number of carbonyl (C=O) groups is 1. The number of ether oxygens (including phenoxy) is 2. The number of hydrogen-bond donors (Lipinski definition) is 1. The second kappa shape index (κ2) is 9.82. The Morgan fingerprint density at radius 2 is 2.00 bits per heavy atom. The number of fused-ring (bicyclic) bond motifs is 1. The third kappa shape index (κ3) is 5.19. The second-order valence-corrected chi connectivity index (χ2v) is 6.70. The number of amides is 1. The minimum absolute atomic E-state index is 0.149. The van der Waals surface area contributed by atoms with Crippen molar-refractivity contribution in [2.75, 3.05) is 13.7 Å². The Labute approximate surface area is 169 Å². The summed E-state index contributed by atoms with van der Waals surface area (Å²) in [7, 11) is 1.59. The zero-order valence-electron chi connectivity index (χ0n) is 16.8. The van der Waals surface area contributed by atoms with Gasteiger partial charge >= 0.3 is 5.76 Å². The third-order valence-corrected chi connectivity index (χ3v) is 4.61. The number of aromatic nitrogens is 1. The second-order valence-electron chi connectivity index (χ2n) is 6.70. The first-order valence-corrected chi connectivity index (χ1v) is 9.77. The first-order valence-electron chi connectivity index (χ1n) is 9.77. The van der Waals surface area contributed by atoms with Crippen molar-refractivity contribution in [3.63, 3.8) is 0 Å². The molecule has 1 heterocycles. The van der Waals surface area contributed by atoms with Crippen LogP contribution in [0.3, 0.4) is 0 Å². The zero-order valence-corrected chi connectivity index (χ0v) is 16.8. The molecule has 7 nitrogen and oxygen atoms in total. The van der Waals surface area contributed by atoms with Crippen molar-refractivity contribution < 1.29 is 18.7 Å². The van der Waals surface area contributed by atoms with E-state index in [1.165, 1.54) is 4.57 Å². The molecular formula is C22H26N2O5. The number of rotatable bonds is 10. The van der Waals surface area contributed by atoms with Crippen LogP contribution in [0.1, 0.15) is 31.7 Å². The molecule has 0 aliphatic heterocycles. The molecule has 7 heteroatoms. The maximum Gasteiger partial charge on any atom is 0.419 e. The molecule has 0 spiro atoms. The smallest absolute Gasteiger partial charge is 0.419 e. The van der Waals surface area contributed by atoms with E-state index in [4.69, 9.17) is 13.9 Å². The first-order chi connectivity index (χ1) is 14.1. The summed E-state index contributed by atoms with van der Waals surface area (Å²) in [6, 6.07) is 12.8. The van der Waals surface area contributed by atoms with E-state index in [0.717, 1.165) is 18.4 Å². The SMILES string of the molecule is CCCCOc1ccc(CNC(=O)CCn2c(=O)oc3ccccc32)cc1OC. The molecule has 0 saturated carbocycles. The van der Waals surface area contributed by atoms with Crippen molar-refractivity contribution in [2.45, 2.75) is 39.3 Å². The highest BCUT2D eigenvalue weighted by molar-refractivity contribution is 5.76. The van der Waals surface area contributed by atoms with Gasteiger partial charge in [-0.25, -0.2) is 4.79 Å². The van der Waals surface area contributed by atoms with Gasteiger partial charge in [0.25, 0.3) is 0 Å². The van der Waals surface area contributed by atoms with E-state index in [9.17, 15) is 9.59 Å². The van der Waals surface area contributed by atoms with Gasteiger partial charge in [0.2, 0.25) is 5.91 Å². The molecule has 29 heavy (non-hydrogen) atoms. The van der Waals surface area contributed by atoms with Gasteiger partial charge in [0, 0.05) is 19.5 Å². The van der Waals surface area contributed by atoms with Crippen molar-refractivity contribution >= 4 is 17.0 Å². The highest BCUT2D eigenvalue weighted by atomic mass is 16.5. The van der Waals surface area contributed by atoms with Gasteiger partial charge in [-0.2, -0.15) is 0 Å². The molecule has 2 aromatic carbocycles. The Morgan fingerprint density at radius 3 is 2.79 bits per heavy atom. The fraction of sp³-hybridized carbons (Fsp3) is 0.364. The lowest BCUT2D eigenvalue weighted by Crippen LogP contribution is -2.25. The van der Waals surface area contributed by atoms with Crippen LogP contribution in [0.5, 0.6) is 11.5 Å². The largest absolute Gasteiger partial charge is 0.493 e. The summed E-state index contributed by atoms with van der Waals surface area (Å²) in [5.74, 6) is 0.735. The molecule has 3 aromatic rings. The number of nitrogens with one attached hydrogen (secondary N) is 1. The third-order valence-electron chi connectivity index (χ3n) is 4.61. The highest BCUT2D eigenvalue weighted by Gasteiger charge is 2.11. The molecular weight excluding hydrogens is 372 g/mol. The minimum Gasteiger partial charge on any atom is -0.493 e. The van der Waals surface area contributed by atoms with E-state index in [0.29, 0.717) is 35.8 Å². The summed E-state index contributed by atoms with van der Waals surface area (Å²) in [4.78, 5) is 24.2. The number of para-hydroxylation sites is 2. The Kier molecular flexibility index (Phi) is 6.94. The Hall–Kier alpha value is -3.22. The quantitative estimate of drug-likeness (QED) is 0.529. The van der Waals surface area contributed by atoms with Crippen LogP contribution in [0.15, 0.2) is 51.7 Å². The number of hydrogen-bond acceptors (Lipinski definition) is 5. The summed E-state index contributed by atoms with van der Waals surface area (Å²) in [6.07, 6.45) is 2.22. The lowest BCUT2D eigenvalue weighted by Gasteiger charge is -2.12. The van der Waals surface area contributed by atoms with Crippen LogP contribution in [0.25, 0.3) is 11.1 Å². The van der Waals surface area contributed by atoms with Crippen molar-refractivity contribution in [3.05, 3.63) is 58.6 Å². The molecule has 0 aliphatic carbocycles. The van der Waals surface area contributed by atoms with Gasteiger partial charge < -0.3 is 19.2 Å². The van der Waals surface area contributed by atoms with Gasteiger partial charge in [0.15, 0.2) is 17.1 Å². The fourth-order valence-corrected chi connectivity index (χ4v) is 3.00. The molecule has 0 radical (unpaired) electrons. The van der Waals surface area contributed by atoms with Crippen LogP contribution in [0, 0.1) is 0 Å². The summed E-state index contributed by atoms with van der Waals surface area (Å²) in [5.41, 5.74) is 2.11. The summed E-state index contributed by atoms with van der Waals surface area (Å²) < 4.78 is 17.8. The van der Waals surface area contributed by atoms with Gasteiger partial charge in [0.05, 0.1) is 19.2 Å². The number of methoxy groups -OCH3 is 1. The molecule has 3 rings (SSSR count). The molecule has 0 aliphatic rings. The van der Waals surface area contributed by atoms with Crippen LogP contribution in [-0.4, -0.2) is 24.2 Å². The van der Waals surface area contributed by atoms with Crippen LogP contribution < -0.4 is 20.5 Å². The molecule has 0 unspecified atom stereocenters. The van der Waals surface area contributed by atoms with E-state index >= 15 is 0 Å². The molecule has 0 fully saturated rings. The maximum absolute atomic E-state index is 12.2. The number of unbranched alkanes of at least 4 members (excludes halogenated alkanes) is 1.